The molecule has 1 N–H and O–H groups in total. The SMILES string of the molecule is CCOc1ccc(C(=O)OCC(=O)N[C@]2(C)CCS(=O)(=O)C2)cc1OC. The minimum Gasteiger partial charge on any atom is -0.493 e. The number of nitrogens with one attached hydrogen (secondary N) is 1. The summed E-state index contributed by atoms with van der Waals surface area (Å²) in [5.74, 6) is -0.429. The van der Waals surface area contributed by atoms with Crippen molar-refractivity contribution in [2.45, 2.75) is 25.8 Å². The molecule has 1 aromatic rings. The molecule has 1 atom stereocenters. The Kier molecular flexibility index (Phi) is 6.12. The van der Waals surface area contributed by atoms with Crippen LogP contribution >= 0.6 is 0 Å². The van der Waals surface area contributed by atoms with Gasteiger partial charge in [-0.2, -0.15) is 0 Å². The lowest BCUT2D eigenvalue weighted by atomic mass is 10.0. The van der Waals surface area contributed by atoms with Gasteiger partial charge in [-0.25, -0.2) is 13.2 Å². The number of sulfone groups is 1. The van der Waals surface area contributed by atoms with Crippen LogP contribution in [-0.2, 0) is 19.4 Å². The van der Waals surface area contributed by atoms with Crippen LogP contribution in [0.3, 0.4) is 0 Å². The fourth-order valence-corrected chi connectivity index (χ4v) is 4.86. The van der Waals surface area contributed by atoms with E-state index in [9.17, 15) is 18.0 Å². The molecule has 144 valence electrons. The molecule has 1 amide bonds. The molecule has 0 aliphatic carbocycles. The molecular weight excluding hydrogens is 362 g/mol. The fourth-order valence-electron chi connectivity index (χ4n) is 2.77. The molecule has 1 aliphatic heterocycles. The fraction of sp³-hybridized carbons (Fsp3) is 0.529. The van der Waals surface area contributed by atoms with Crippen LogP contribution in [0.15, 0.2) is 18.2 Å². The van der Waals surface area contributed by atoms with Gasteiger partial charge in [0.1, 0.15) is 0 Å². The molecule has 1 fully saturated rings. The molecule has 0 aromatic heterocycles. The average Bonchev–Trinajstić information content (AvgIpc) is 2.86. The minimum absolute atomic E-state index is 0.0372. The predicted molar refractivity (Wildman–Crippen MR) is 94.3 cm³/mol. The number of methoxy groups -OCH3 is 1. The summed E-state index contributed by atoms with van der Waals surface area (Å²) in [6, 6.07) is 4.57. The molecule has 0 saturated carbocycles. The Morgan fingerprint density at radius 3 is 2.58 bits per heavy atom. The number of rotatable bonds is 7. The van der Waals surface area contributed by atoms with E-state index in [-0.39, 0.29) is 17.1 Å². The van der Waals surface area contributed by atoms with Crippen LogP contribution in [0.4, 0.5) is 0 Å². The molecule has 0 radical (unpaired) electrons. The van der Waals surface area contributed by atoms with Crippen LogP contribution in [0.1, 0.15) is 30.6 Å². The van der Waals surface area contributed by atoms with Crippen LogP contribution in [0.2, 0.25) is 0 Å². The molecule has 8 nitrogen and oxygen atoms in total. The highest BCUT2D eigenvalue weighted by Crippen LogP contribution is 2.28. The van der Waals surface area contributed by atoms with Crippen molar-refractivity contribution in [2.75, 3.05) is 31.8 Å². The van der Waals surface area contributed by atoms with Gasteiger partial charge in [0.05, 0.1) is 36.3 Å². The highest BCUT2D eigenvalue weighted by molar-refractivity contribution is 7.91. The van der Waals surface area contributed by atoms with E-state index in [2.05, 4.69) is 5.32 Å². The van der Waals surface area contributed by atoms with E-state index < -0.39 is 33.9 Å². The highest BCUT2D eigenvalue weighted by Gasteiger charge is 2.39. The zero-order valence-corrected chi connectivity index (χ0v) is 15.9. The van der Waals surface area contributed by atoms with Crippen molar-refractivity contribution in [3.63, 3.8) is 0 Å². The third-order valence-electron chi connectivity index (χ3n) is 3.98. The molecule has 9 heteroatoms. The first-order valence-electron chi connectivity index (χ1n) is 8.17. The second-order valence-electron chi connectivity index (χ2n) is 6.33. The van der Waals surface area contributed by atoms with Gasteiger partial charge < -0.3 is 19.5 Å². The first-order valence-corrected chi connectivity index (χ1v) is 9.99. The van der Waals surface area contributed by atoms with Gasteiger partial charge in [-0.15, -0.1) is 0 Å². The van der Waals surface area contributed by atoms with E-state index >= 15 is 0 Å². The second kappa shape index (κ2) is 7.94. The van der Waals surface area contributed by atoms with Gasteiger partial charge in [-0.05, 0) is 38.5 Å². The summed E-state index contributed by atoms with van der Waals surface area (Å²) in [4.78, 5) is 24.1. The zero-order chi connectivity index (χ0) is 19.4. The molecule has 0 spiro atoms. The first kappa shape index (κ1) is 20.0. The third-order valence-corrected chi connectivity index (χ3v) is 5.88. The highest BCUT2D eigenvalue weighted by atomic mass is 32.2. The molecule has 1 heterocycles. The van der Waals surface area contributed by atoms with Crippen molar-refractivity contribution in [3.05, 3.63) is 23.8 Å². The van der Waals surface area contributed by atoms with Crippen molar-refractivity contribution < 1.29 is 32.2 Å². The Morgan fingerprint density at radius 2 is 2.00 bits per heavy atom. The van der Waals surface area contributed by atoms with Crippen LogP contribution in [-0.4, -0.2) is 57.7 Å². The molecule has 26 heavy (non-hydrogen) atoms. The predicted octanol–water partition coefficient (Wildman–Crippen LogP) is 0.944. The van der Waals surface area contributed by atoms with Crippen LogP contribution < -0.4 is 14.8 Å². The lowest BCUT2D eigenvalue weighted by Crippen LogP contribution is -2.48. The molecule has 0 bridgehead atoms. The summed E-state index contributed by atoms with van der Waals surface area (Å²) in [5, 5.41) is 2.63. The smallest absolute Gasteiger partial charge is 0.338 e. The summed E-state index contributed by atoms with van der Waals surface area (Å²) in [7, 11) is -1.68. The summed E-state index contributed by atoms with van der Waals surface area (Å²) >= 11 is 0. The summed E-state index contributed by atoms with van der Waals surface area (Å²) in [5.41, 5.74) is -0.613. The van der Waals surface area contributed by atoms with Crippen molar-refractivity contribution in [3.8, 4) is 11.5 Å². The number of benzene rings is 1. The van der Waals surface area contributed by atoms with Crippen LogP contribution in [0.5, 0.6) is 11.5 Å². The molecule has 1 aromatic carbocycles. The van der Waals surface area contributed by atoms with Gasteiger partial charge in [-0.1, -0.05) is 0 Å². The van der Waals surface area contributed by atoms with Crippen LogP contribution in [0.25, 0.3) is 0 Å². The van der Waals surface area contributed by atoms with Gasteiger partial charge in [0.2, 0.25) is 0 Å². The van der Waals surface area contributed by atoms with Gasteiger partial charge in [0.25, 0.3) is 5.91 Å². The van der Waals surface area contributed by atoms with Gasteiger partial charge in [0, 0.05) is 0 Å². The lowest BCUT2D eigenvalue weighted by molar-refractivity contribution is -0.125. The van der Waals surface area contributed by atoms with E-state index in [1.807, 2.05) is 6.92 Å². The summed E-state index contributed by atoms with van der Waals surface area (Å²) < 4.78 is 38.6. The van der Waals surface area contributed by atoms with E-state index in [1.165, 1.54) is 19.2 Å². The van der Waals surface area contributed by atoms with E-state index in [0.717, 1.165) is 0 Å². The number of ether oxygens (including phenoxy) is 3. The topological polar surface area (TPSA) is 108 Å². The maximum atomic E-state index is 12.1. The maximum Gasteiger partial charge on any atom is 0.338 e. The third kappa shape index (κ3) is 5.10. The number of amides is 1. The Morgan fingerprint density at radius 1 is 1.27 bits per heavy atom. The standard InChI is InChI=1S/C17H23NO7S/c1-4-24-13-6-5-12(9-14(13)23-3)16(20)25-10-15(19)18-17(2)7-8-26(21,22)11-17/h5-6,9H,4,7-8,10-11H2,1-3H3,(H,18,19)/t17-/m1/s1. The van der Waals surface area contributed by atoms with Crippen molar-refractivity contribution >= 4 is 21.7 Å². The molecular formula is C17H23NO7S. The molecule has 1 aliphatic rings. The average molecular weight is 385 g/mol. The van der Waals surface area contributed by atoms with E-state index in [0.29, 0.717) is 24.5 Å². The largest absolute Gasteiger partial charge is 0.493 e. The Hall–Kier alpha value is -2.29. The van der Waals surface area contributed by atoms with Crippen molar-refractivity contribution in [1.82, 2.24) is 5.32 Å². The van der Waals surface area contributed by atoms with Gasteiger partial charge >= 0.3 is 5.97 Å². The van der Waals surface area contributed by atoms with Gasteiger partial charge in [0.15, 0.2) is 27.9 Å². The number of carbonyl (C=O) groups excluding carboxylic acids is 2. The van der Waals surface area contributed by atoms with E-state index in [4.69, 9.17) is 14.2 Å². The molecule has 0 unspecified atom stereocenters. The monoisotopic (exact) mass is 385 g/mol. The number of hydrogen-bond donors (Lipinski definition) is 1. The zero-order valence-electron chi connectivity index (χ0n) is 15.0. The Labute approximate surface area is 152 Å². The molecule has 2 rings (SSSR count). The summed E-state index contributed by atoms with van der Waals surface area (Å²) in [6.07, 6.45) is 0.338. The normalized spacial score (nSPS) is 21.0. The van der Waals surface area contributed by atoms with Gasteiger partial charge in [-0.3, -0.25) is 4.79 Å². The second-order valence-corrected chi connectivity index (χ2v) is 8.51. The quantitative estimate of drug-likeness (QED) is 0.696. The number of hydrogen-bond acceptors (Lipinski definition) is 7. The molecule has 1 saturated heterocycles. The Balaban J connectivity index is 1.93. The number of esters is 1. The van der Waals surface area contributed by atoms with Crippen LogP contribution in [0, 0.1) is 0 Å². The van der Waals surface area contributed by atoms with Crippen molar-refractivity contribution in [2.24, 2.45) is 0 Å². The van der Waals surface area contributed by atoms with Crippen molar-refractivity contribution in [1.29, 1.82) is 0 Å². The minimum atomic E-state index is -3.14. The maximum absolute atomic E-state index is 12.1. The number of carbonyl (C=O) groups is 2. The Bertz CT molecular complexity index is 790. The first-order chi connectivity index (χ1) is 12.2. The lowest BCUT2D eigenvalue weighted by Gasteiger charge is -2.23. The van der Waals surface area contributed by atoms with E-state index in [1.54, 1.807) is 13.0 Å². The summed E-state index contributed by atoms with van der Waals surface area (Å²) in [6.45, 7) is 3.45.